The highest BCUT2D eigenvalue weighted by Gasteiger charge is 2.32. The molecule has 0 aliphatic carbocycles. The number of aliphatic carboxylic acids is 1. The Labute approximate surface area is 265 Å². The van der Waals surface area contributed by atoms with Crippen molar-refractivity contribution in [2.45, 2.75) is 51.9 Å². The zero-order valence-corrected chi connectivity index (χ0v) is 27.1. The van der Waals surface area contributed by atoms with Gasteiger partial charge in [0.1, 0.15) is 6.04 Å². The average Bonchev–Trinajstić information content (AvgIpc) is 3.02. The summed E-state index contributed by atoms with van der Waals surface area (Å²) in [7, 11) is 0. The summed E-state index contributed by atoms with van der Waals surface area (Å²) in [5.41, 5.74) is 2.14. The van der Waals surface area contributed by atoms with Crippen LogP contribution in [0.4, 0.5) is 0 Å². The first-order valence-electron chi connectivity index (χ1n) is 14.9. The molecule has 3 rings (SSSR count). The number of fused-ring (bicyclic) bond motifs is 1. The summed E-state index contributed by atoms with van der Waals surface area (Å²) in [5, 5.41) is 18.0. The standard InChI is InChI=1S/C34H45N3O4S2/c1-4-24(2)29(33(39)31(23-42)35-19-25-11-6-5-7-12-25)21-37(22-32(38)36-30(34(40)41)17-18-43-3)20-27-15-10-14-26-13-8-9-16-28(26)27/h5-16,24,29-31,35,42H,4,17-23H2,1-3H3,(H,36,38)(H,40,41)/t24?,29?,30?,31-/m1/s1. The van der Waals surface area contributed by atoms with Gasteiger partial charge in [-0.1, -0.05) is 93.1 Å². The van der Waals surface area contributed by atoms with Crippen molar-refractivity contribution < 1.29 is 19.5 Å². The second-order valence-electron chi connectivity index (χ2n) is 11.0. The van der Waals surface area contributed by atoms with Gasteiger partial charge in [-0.05, 0) is 46.2 Å². The molecule has 0 radical (unpaired) electrons. The number of thiol groups is 1. The van der Waals surface area contributed by atoms with E-state index in [1.807, 2.05) is 65.8 Å². The van der Waals surface area contributed by atoms with Crippen LogP contribution < -0.4 is 10.6 Å². The third-order valence-electron chi connectivity index (χ3n) is 7.96. The Bertz CT molecular complexity index is 1320. The van der Waals surface area contributed by atoms with Gasteiger partial charge >= 0.3 is 5.97 Å². The number of benzene rings is 3. The lowest BCUT2D eigenvalue weighted by atomic mass is 9.84. The predicted octanol–water partition coefficient (Wildman–Crippen LogP) is 5.28. The van der Waals surface area contributed by atoms with Crippen LogP contribution in [0.15, 0.2) is 72.8 Å². The number of carboxylic acid groups (broad SMARTS) is 1. The van der Waals surface area contributed by atoms with Crippen molar-refractivity contribution in [3.63, 3.8) is 0 Å². The third-order valence-corrected chi connectivity index (χ3v) is 8.97. The molecule has 4 atom stereocenters. The van der Waals surface area contributed by atoms with Crippen LogP contribution in [-0.2, 0) is 27.5 Å². The molecule has 0 aliphatic rings. The van der Waals surface area contributed by atoms with Crippen LogP contribution in [0, 0.1) is 11.8 Å². The number of nitrogens with one attached hydrogen (secondary N) is 2. The summed E-state index contributed by atoms with van der Waals surface area (Å²) in [5.74, 6) is -0.624. The molecular weight excluding hydrogens is 579 g/mol. The van der Waals surface area contributed by atoms with E-state index in [-0.39, 0.29) is 30.1 Å². The van der Waals surface area contributed by atoms with Gasteiger partial charge in [-0.2, -0.15) is 24.4 Å². The molecule has 3 N–H and O–H groups in total. The van der Waals surface area contributed by atoms with E-state index >= 15 is 0 Å². The monoisotopic (exact) mass is 623 g/mol. The number of Topliss-reactive ketones (excluding diaryl/α,β-unsaturated/α-hetero) is 1. The Balaban J connectivity index is 1.87. The fourth-order valence-electron chi connectivity index (χ4n) is 5.26. The van der Waals surface area contributed by atoms with E-state index in [1.54, 1.807) is 11.8 Å². The van der Waals surface area contributed by atoms with Crippen LogP contribution in [0.1, 0.15) is 37.8 Å². The molecule has 0 saturated heterocycles. The molecule has 7 nitrogen and oxygen atoms in total. The number of ketones is 1. The predicted molar refractivity (Wildman–Crippen MR) is 181 cm³/mol. The number of carbonyl (C=O) groups excluding carboxylic acids is 2. The molecule has 0 aromatic heterocycles. The highest BCUT2D eigenvalue weighted by molar-refractivity contribution is 7.98. The largest absolute Gasteiger partial charge is 0.480 e. The molecule has 43 heavy (non-hydrogen) atoms. The minimum Gasteiger partial charge on any atom is -0.480 e. The van der Waals surface area contributed by atoms with Gasteiger partial charge in [-0.15, -0.1) is 0 Å². The summed E-state index contributed by atoms with van der Waals surface area (Å²) in [6, 6.07) is 22.8. The Kier molecular flexibility index (Phi) is 14.6. The Morgan fingerprint density at radius 3 is 2.35 bits per heavy atom. The normalized spacial score (nSPS) is 14.3. The van der Waals surface area contributed by atoms with Gasteiger partial charge in [0.25, 0.3) is 0 Å². The van der Waals surface area contributed by atoms with Crippen molar-refractivity contribution in [1.29, 1.82) is 0 Å². The molecule has 0 saturated carbocycles. The van der Waals surface area contributed by atoms with Crippen LogP contribution in [0.3, 0.4) is 0 Å². The average molecular weight is 624 g/mol. The summed E-state index contributed by atoms with van der Waals surface area (Å²) >= 11 is 6.07. The zero-order chi connectivity index (χ0) is 31.2. The van der Waals surface area contributed by atoms with Gasteiger partial charge in [-0.3, -0.25) is 14.5 Å². The van der Waals surface area contributed by atoms with Gasteiger partial charge in [0, 0.05) is 31.3 Å². The topological polar surface area (TPSA) is 98.7 Å². The number of carbonyl (C=O) groups is 3. The summed E-state index contributed by atoms with van der Waals surface area (Å²) < 4.78 is 0. The first kappa shape index (κ1) is 34.6. The fourth-order valence-corrected chi connectivity index (χ4v) is 6.04. The molecule has 0 bridgehead atoms. The highest BCUT2D eigenvalue weighted by atomic mass is 32.2. The second kappa shape index (κ2) is 18.1. The van der Waals surface area contributed by atoms with Gasteiger partial charge < -0.3 is 15.7 Å². The zero-order valence-electron chi connectivity index (χ0n) is 25.4. The van der Waals surface area contributed by atoms with Crippen molar-refractivity contribution in [2.24, 2.45) is 11.8 Å². The van der Waals surface area contributed by atoms with E-state index < -0.39 is 18.1 Å². The van der Waals surface area contributed by atoms with Gasteiger partial charge in [0.15, 0.2) is 5.78 Å². The molecule has 0 aliphatic heterocycles. The van der Waals surface area contributed by atoms with E-state index in [2.05, 4.69) is 55.3 Å². The molecular formula is C34H45N3O4S2. The van der Waals surface area contributed by atoms with E-state index in [4.69, 9.17) is 0 Å². The Morgan fingerprint density at radius 1 is 0.977 bits per heavy atom. The van der Waals surface area contributed by atoms with Crippen LogP contribution >= 0.6 is 24.4 Å². The molecule has 0 fully saturated rings. The first-order chi connectivity index (χ1) is 20.8. The molecule has 3 unspecified atom stereocenters. The van der Waals surface area contributed by atoms with Gasteiger partial charge in [0.05, 0.1) is 12.6 Å². The number of amides is 1. The summed E-state index contributed by atoms with van der Waals surface area (Å²) in [6.07, 6.45) is 3.06. The van der Waals surface area contributed by atoms with E-state index in [1.165, 1.54) is 0 Å². The number of rotatable bonds is 19. The van der Waals surface area contributed by atoms with Crippen LogP contribution in [0.25, 0.3) is 10.8 Å². The smallest absolute Gasteiger partial charge is 0.326 e. The number of hydrogen-bond donors (Lipinski definition) is 4. The highest BCUT2D eigenvalue weighted by Crippen LogP contribution is 2.24. The number of thioether (sulfide) groups is 1. The molecule has 9 heteroatoms. The maximum absolute atomic E-state index is 14.0. The van der Waals surface area contributed by atoms with Crippen LogP contribution in [0.2, 0.25) is 0 Å². The van der Waals surface area contributed by atoms with Crippen LogP contribution in [-0.4, -0.2) is 70.6 Å². The minimum atomic E-state index is -1.04. The summed E-state index contributed by atoms with van der Waals surface area (Å²) in [4.78, 5) is 41.2. The molecule has 3 aromatic rings. The van der Waals surface area contributed by atoms with Crippen molar-refractivity contribution >= 4 is 52.8 Å². The van der Waals surface area contributed by atoms with Crippen LogP contribution in [0.5, 0.6) is 0 Å². The summed E-state index contributed by atoms with van der Waals surface area (Å²) in [6.45, 7) is 5.50. The second-order valence-corrected chi connectivity index (χ2v) is 12.4. The molecule has 0 spiro atoms. The maximum atomic E-state index is 14.0. The van der Waals surface area contributed by atoms with E-state index in [9.17, 15) is 19.5 Å². The van der Waals surface area contributed by atoms with Crippen molar-refractivity contribution in [3.05, 3.63) is 83.9 Å². The Morgan fingerprint density at radius 2 is 1.67 bits per heavy atom. The molecule has 232 valence electrons. The number of nitrogens with zero attached hydrogens (tertiary/aromatic N) is 1. The van der Waals surface area contributed by atoms with Crippen molar-refractivity contribution in [1.82, 2.24) is 15.5 Å². The van der Waals surface area contributed by atoms with E-state index in [0.717, 1.165) is 28.3 Å². The first-order valence-corrected chi connectivity index (χ1v) is 16.9. The van der Waals surface area contributed by atoms with Gasteiger partial charge in [0.2, 0.25) is 5.91 Å². The fraction of sp³-hybridized carbons (Fsp3) is 0.441. The van der Waals surface area contributed by atoms with E-state index in [0.29, 0.717) is 37.6 Å². The lowest BCUT2D eigenvalue weighted by Gasteiger charge is -2.32. The Hall–Kier alpha value is -2.85. The molecule has 0 heterocycles. The van der Waals surface area contributed by atoms with Crippen molar-refractivity contribution in [3.8, 4) is 0 Å². The molecule has 1 amide bonds. The lowest BCUT2D eigenvalue weighted by Crippen LogP contribution is -2.49. The lowest BCUT2D eigenvalue weighted by molar-refractivity contribution is -0.142. The van der Waals surface area contributed by atoms with Crippen molar-refractivity contribution in [2.75, 3.05) is 30.9 Å². The molecule has 3 aromatic carbocycles. The SMILES string of the molecule is CCC(C)C(CN(CC(=O)NC(CCSC)C(=O)O)Cc1cccc2ccccc12)C(=O)[C@@H](CS)NCc1ccccc1. The third kappa shape index (κ3) is 10.7. The quantitative estimate of drug-likeness (QED) is 0.135. The number of carboxylic acids is 1. The van der Waals surface area contributed by atoms with Gasteiger partial charge in [-0.25, -0.2) is 4.79 Å². The maximum Gasteiger partial charge on any atom is 0.326 e. The number of hydrogen-bond acceptors (Lipinski definition) is 7. The minimum absolute atomic E-state index is 0.0184.